The highest BCUT2D eigenvalue weighted by Gasteiger charge is 2.18. The monoisotopic (exact) mass is 373 g/mol. The molecule has 0 bridgehead atoms. The number of aromatic carboxylic acids is 1. The number of ether oxygens (including phenoxy) is 1. The van der Waals surface area contributed by atoms with Gasteiger partial charge in [-0.25, -0.2) is 19.7 Å². The van der Waals surface area contributed by atoms with Gasteiger partial charge in [0.05, 0.1) is 11.5 Å². The van der Waals surface area contributed by atoms with Crippen molar-refractivity contribution in [2.45, 2.75) is 26.4 Å². The van der Waals surface area contributed by atoms with Gasteiger partial charge in [-0.2, -0.15) is 0 Å². The fraction of sp³-hybridized carbons (Fsp3) is 0.294. The third-order valence-electron chi connectivity index (χ3n) is 3.72. The van der Waals surface area contributed by atoms with E-state index in [0.29, 0.717) is 35.2 Å². The third kappa shape index (κ3) is 3.73. The fourth-order valence-corrected chi connectivity index (χ4v) is 3.38. The van der Waals surface area contributed by atoms with Crippen molar-refractivity contribution >= 4 is 39.0 Å². The lowest BCUT2D eigenvalue weighted by atomic mass is 10.2. The molecule has 0 amide bonds. The molecule has 3 aromatic rings. The highest BCUT2D eigenvalue weighted by Crippen LogP contribution is 2.33. The zero-order chi connectivity index (χ0) is 18.7. The molecule has 26 heavy (non-hydrogen) atoms. The summed E-state index contributed by atoms with van der Waals surface area (Å²) in [5.74, 6) is -0.620. The quantitative estimate of drug-likeness (QED) is 0.577. The average Bonchev–Trinajstić information content (AvgIpc) is 2.98. The molecule has 3 aromatic heterocycles. The Bertz CT molecular complexity index is 943. The number of fused-ring (bicyclic) bond motifs is 1. The summed E-state index contributed by atoms with van der Waals surface area (Å²) in [6.07, 6.45) is 2.22. The molecular weight excluding hydrogens is 354 g/mol. The molecule has 0 spiro atoms. The van der Waals surface area contributed by atoms with Crippen LogP contribution in [0.25, 0.3) is 10.2 Å². The molecule has 136 valence electrons. The van der Waals surface area contributed by atoms with Gasteiger partial charge in [0.25, 0.3) is 0 Å². The summed E-state index contributed by atoms with van der Waals surface area (Å²) in [5.41, 5.74) is 7.13. The second kappa shape index (κ2) is 7.63. The minimum absolute atomic E-state index is 0.0988. The van der Waals surface area contributed by atoms with Crippen LogP contribution in [0.15, 0.2) is 23.7 Å². The van der Waals surface area contributed by atoms with Gasteiger partial charge in [0.1, 0.15) is 16.3 Å². The molecule has 4 N–H and O–H groups in total. The molecule has 0 aliphatic rings. The van der Waals surface area contributed by atoms with Crippen LogP contribution in [0, 0.1) is 6.92 Å². The third-order valence-corrected chi connectivity index (χ3v) is 4.71. The number of nitrogens with zero attached hydrogens (tertiary/aromatic N) is 3. The Balaban J connectivity index is 2.01. The van der Waals surface area contributed by atoms with Gasteiger partial charge in [-0.1, -0.05) is 0 Å². The van der Waals surface area contributed by atoms with Gasteiger partial charge < -0.3 is 20.9 Å². The van der Waals surface area contributed by atoms with Gasteiger partial charge in [-0.05, 0) is 49.9 Å². The molecular formula is C17H19N5O3S. The van der Waals surface area contributed by atoms with Crippen molar-refractivity contribution in [3.8, 4) is 5.88 Å². The van der Waals surface area contributed by atoms with Crippen LogP contribution < -0.4 is 15.8 Å². The standard InChI is InChI=1S/C17H19N5O3S/c1-9-8-26-16-12(9)13(21-14(22-16)17(23)24)20-11-4-3-7-19-15(11)25-10(2)5-6-18/h3-4,7-8,10H,5-6,18H2,1-2H3,(H,23,24)(H,20,21,22). The van der Waals surface area contributed by atoms with Crippen LogP contribution in [0.5, 0.6) is 5.88 Å². The van der Waals surface area contributed by atoms with Crippen molar-refractivity contribution in [1.29, 1.82) is 0 Å². The second-order valence-electron chi connectivity index (χ2n) is 5.79. The van der Waals surface area contributed by atoms with E-state index >= 15 is 0 Å². The first-order valence-corrected chi connectivity index (χ1v) is 8.95. The minimum Gasteiger partial charge on any atom is -0.475 e. The molecule has 8 nitrogen and oxygen atoms in total. The largest absolute Gasteiger partial charge is 0.475 e. The molecule has 0 radical (unpaired) electrons. The molecule has 3 rings (SSSR count). The number of rotatable bonds is 7. The predicted molar refractivity (Wildman–Crippen MR) is 100 cm³/mol. The Labute approximate surface area is 154 Å². The molecule has 3 heterocycles. The number of nitrogens with two attached hydrogens (primary N) is 1. The van der Waals surface area contributed by atoms with E-state index in [4.69, 9.17) is 10.5 Å². The summed E-state index contributed by atoms with van der Waals surface area (Å²) in [6, 6.07) is 3.56. The lowest BCUT2D eigenvalue weighted by Gasteiger charge is -2.16. The van der Waals surface area contributed by atoms with E-state index in [-0.39, 0.29) is 11.9 Å². The highest BCUT2D eigenvalue weighted by molar-refractivity contribution is 7.17. The molecule has 0 aliphatic heterocycles. The zero-order valence-electron chi connectivity index (χ0n) is 14.4. The number of anilines is 2. The van der Waals surface area contributed by atoms with E-state index in [1.807, 2.05) is 19.2 Å². The smallest absolute Gasteiger partial charge is 0.374 e. The molecule has 0 saturated carbocycles. The number of carboxylic acids is 1. The first kappa shape index (κ1) is 18.0. The number of thiophene rings is 1. The van der Waals surface area contributed by atoms with E-state index in [1.165, 1.54) is 11.3 Å². The van der Waals surface area contributed by atoms with Gasteiger partial charge in [0, 0.05) is 6.20 Å². The number of hydrogen-bond donors (Lipinski definition) is 3. The van der Waals surface area contributed by atoms with Crippen LogP contribution in [0.2, 0.25) is 0 Å². The Hall–Kier alpha value is -2.78. The van der Waals surface area contributed by atoms with E-state index in [1.54, 1.807) is 18.3 Å². The molecule has 1 atom stereocenters. The van der Waals surface area contributed by atoms with Gasteiger partial charge in [-0.15, -0.1) is 11.3 Å². The van der Waals surface area contributed by atoms with Crippen LogP contribution in [0.3, 0.4) is 0 Å². The first-order valence-electron chi connectivity index (χ1n) is 8.07. The first-order chi connectivity index (χ1) is 12.5. The van der Waals surface area contributed by atoms with Crippen molar-refractivity contribution in [2.24, 2.45) is 5.73 Å². The van der Waals surface area contributed by atoms with Crippen molar-refractivity contribution in [1.82, 2.24) is 15.0 Å². The number of pyridine rings is 1. The molecule has 0 aromatic carbocycles. The Morgan fingerprint density at radius 1 is 1.46 bits per heavy atom. The molecule has 0 saturated heterocycles. The van der Waals surface area contributed by atoms with Crippen molar-refractivity contribution in [3.05, 3.63) is 35.1 Å². The van der Waals surface area contributed by atoms with Gasteiger partial charge in [0.15, 0.2) is 0 Å². The Kier molecular flexibility index (Phi) is 5.29. The number of nitrogens with one attached hydrogen (secondary N) is 1. The fourth-order valence-electron chi connectivity index (χ4n) is 2.46. The second-order valence-corrected chi connectivity index (χ2v) is 6.64. The summed E-state index contributed by atoms with van der Waals surface area (Å²) in [5, 5.41) is 15.1. The maximum Gasteiger partial charge on any atom is 0.374 e. The number of carbonyl (C=O) groups is 1. The maximum atomic E-state index is 11.3. The Morgan fingerprint density at radius 3 is 3.00 bits per heavy atom. The van der Waals surface area contributed by atoms with Crippen molar-refractivity contribution in [2.75, 3.05) is 11.9 Å². The summed E-state index contributed by atoms with van der Waals surface area (Å²) >= 11 is 1.38. The normalized spacial score (nSPS) is 12.1. The molecule has 0 aliphatic carbocycles. The summed E-state index contributed by atoms with van der Waals surface area (Å²) in [4.78, 5) is 24.5. The highest BCUT2D eigenvalue weighted by atomic mass is 32.1. The number of aryl methyl sites for hydroxylation is 1. The van der Waals surface area contributed by atoms with Crippen LogP contribution >= 0.6 is 11.3 Å². The maximum absolute atomic E-state index is 11.3. The van der Waals surface area contributed by atoms with Gasteiger partial charge in [0.2, 0.25) is 11.7 Å². The van der Waals surface area contributed by atoms with Gasteiger partial charge in [-0.3, -0.25) is 0 Å². The van der Waals surface area contributed by atoms with Crippen molar-refractivity contribution in [3.63, 3.8) is 0 Å². The topological polar surface area (TPSA) is 123 Å². The minimum atomic E-state index is -1.18. The summed E-state index contributed by atoms with van der Waals surface area (Å²) in [6.45, 7) is 4.36. The van der Waals surface area contributed by atoms with E-state index in [2.05, 4.69) is 20.3 Å². The van der Waals surface area contributed by atoms with E-state index in [0.717, 1.165) is 10.9 Å². The molecule has 1 unspecified atom stereocenters. The molecule has 0 fully saturated rings. The number of aromatic nitrogens is 3. The lowest BCUT2D eigenvalue weighted by molar-refractivity contribution is 0.0684. The SMILES string of the molecule is Cc1csc2nc(C(=O)O)nc(Nc3cccnc3OC(C)CCN)c12. The molecule has 9 heteroatoms. The number of hydrogen-bond acceptors (Lipinski definition) is 8. The zero-order valence-corrected chi connectivity index (χ0v) is 15.2. The summed E-state index contributed by atoms with van der Waals surface area (Å²) in [7, 11) is 0. The van der Waals surface area contributed by atoms with Crippen LogP contribution in [0.1, 0.15) is 29.5 Å². The number of carboxylic acid groups (broad SMARTS) is 1. The van der Waals surface area contributed by atoms with Gasteiger partial charge >= 0.3 is 5.97 Å². The average molecular weight is 373 g/mol. The van der Waals surface area contributed by atoms with Crippen LogP contribution in [0.4, 0.5) is 11.5 Å². The van der Waals surface area contributed by atoms with E-state index in [9.17, 15) is 9.90 Å². The van der Waals surface area contributed by atoms with E-state index < -0.39 is 5.97 Å². The van der Waals surface area contributed by atoms with Crippen molar-refractivity contribution < 1.29 is 14.6 Å². The van der Waals surface area contributed by atoms with Crippen LogP contribution in [-0.2, 0) is 0 Å². The predicted octanol–water partition coefficient (Wildman–Crippen LogP) is 2.95. The van der Waals surface area contributed by atoms with Crippen LogP contribution in [-0.4, -0.2) is 38.7 Å². The Morgan fingerprint density at radius 2 is 2.27 bits per heavy atom. The lowest BCUT2D eigenvalue weighted by Crippen LogP contribution is -2.18. The summed E-state index contributed by atoms with van der Waals surface area (Å²) < 4.78 is 5.85.